The van der Waals surface area contributed by atoms with Crippen molar-refractivity contribution in [2.75, 3.05) is 19.8 Å². The Hall–Kier alpha value is -1.50. The fourth-order valence-electron chi connectivity index (χ4n) is 1.32. The Morgan fingerprint density at radius 1 is 1.38 bits per heavy atom. The molecule has 0 aliphatic heterocycles. The molecule has 1 unspecified atom stereocenters. The molecule has 0 fully saturated rings. The Morgan fingerprint density at radius 3 is 2.56 bits per heavy atom. The molecule has 0 radical (unpaired) electrons. The number of ether oxygens (including phenoxy) is 2. The Labute approximate surface area is 96.0 Å². The third-order valence-electron chi connectivity index (χ3n) is 2.02. The highest BCUT2D eigenvalue weighted by molar-refractivity contribution is 5.31. The van der Waals surface area contributed by atoms with Crippen LogP contribution in [0, 0.1) is 12.3 Å². The quantitative estimate of drug-likeness (QED) is 0.742. The molecular formula is C13H16O3. The molecule has 1 atom stereocenters. The zero-order chi connectivity index (χ0) is 11.8. The summed E-state index contributed by atoms with van der Waals surface area (Å²) >= 11 is 0. The van der Waals surface area contributed by atoms with Gasteiger partial charge < -0.3 is 14.6 Å². The first-order valence-electron chi connectivity index (χ1n) is 5.23. The van der Waals surface area contributed by atoms with Gasteiger partial charge in [0, 0.05) is 0 Å². The molecule has 1 rings (SSSR count). The summed E-state index contributed by atoms with van der Waals surface area (Å²) in [6.07, 6.45) is 4.94. The zero-order valence-electron chi connectivity index (χ0n) is 9.35. The summed E-state index contributed by atoms with van der Waals surface area (Å²) in [6.45, 7) is 2.78. The Kier molecular flexibility index (Phi) is 5.41. The zero-order valence-corrected chi connectivity index (χ0v) is 9.35. The fourth-order valence-corrected chi connectivity index (χ4v) is 1.32. The van der Waals surface area contributed by atoms with Gasteiger partial charge in [-0.05, 0) is 24.6 Å². The van der Waals surface area contributed by atoms with Gasteiger partial charge in [-0.25, -0.2) is 0 Å². The highest BCUT2D eigenvalue weighted by Crippen LogP contribution is 2.20. The van der Waals surface area contributed by atoms with Crippen molar-refractivity contribution >= 4 is 0 Å². The van der Waals surface area contributed by atoms with Crippen molar-refractivity contribution in [3.63, 3.8) is 0 Å². The molecule has 0 aromatic heterocycles. The molecule has 0 saturated carbocycles. The van der Waals surface area contributed by atoms with Gasteiger partial charge in [0.1, 0.15) is 11.9 Å². The first-order valence-corrected chi connectivity index (χ1v) is 5.23. The normalized spacial score (nSPS) is 11.8. The minimum Gasteiger partial charge on any atom is -0.494 e. The second kappa shape index (κ2) is 6.89. The van der Waals surface area contributed by atoms with E-state index in [1.165, 1.54) is 0 Å². The maximum absolute atomic E-state index is 8.66. The van der Waals surface area contributed by atoms with Crippen molar-refractivity contribution in [3.05, 3.63) is 29.8 Å². The molecule has 1 N–H and O–H groups in total. The highest BCUT2D eigenvalue weighted by atomic mass is 16.5. The topological polar surface area (TPSA) is 38.7 Å². The summed E-state index contributed by atoms with van der Waals surface area (Å²) in [7, 11) is 0. The molecule has 86 valence electrons. The van der Waals surface area contributed by atoms with Crippen LogP contribution in [-0.4, -0.2) is 24.9 Å². The minimum atomic E-state index is -0.414. The van der Waals surface area contributed by atoms with E-state index in [2.05, 4.69) is 5.92 Å². The number of terminal acetylenes is 1. The first-order chi connectivity index (χ1) is 7.81. The molecule has 0 aliphatic carbocycles. The molecule has 1 aromatic carbocycles. The molecule has 0 spiro atoms. The summed E-state index contributed by atoms with van der Waals surface area (Å²) in [5.41, 5.74) is 0.888. The van der Waals surface area contributed by atoms with Gasteiger partial charge in [0.25, 0.3) is 0 Å². The summed E-state index contributed by atoms with van der Waals surface area (Å²) in [4.78, 5) is 0. The molecule has 1 aromatic rings. The van der Waals surface area contributed by atoms with Gasteiger partial charge in [-0.3, -0.25) is 0 Å². The summed E-state index contributed by atoms with van der Waals surface area (Å²) in [6, 6.07) is 7.44. The number of hydrogen-bond donors (Lipinski definition) is 1. The number of aliphatic hydroxyl groups is 1. The molecule has 3 heteroatoms. The van der Waals surface area contributed by atoms with Crippen LogP contribution in [-0.2, 0) is 4.74 Å². The van der Waals surface area contributed by atoms with Gasteiger partial charge >= 0.3 is 0 Å². The molecule has 0 heterocycles. The van der Waals surface area contributed by atoms with E-state index in [9.17, 15) is 0 Å². The standard InChI is InChI=1S/C13H16O3/c1-3-13(16-10-9-14)11-5-7-12(8-6-11)15-4-2/h1,5-8,13-14H,4,9-10H2,2H3. The molecular weight excluding hydrogens is 204 g/mol. The van der Waals surface area contributed by atoms with Crippen molar-refractivity contribution in [2.45, 2.75) is 13.0 Å². The maximum Gasteiger partial charge on any atom is 0.143 e. The van der Waals surface area contributed by atoms with Gasteiger partial charge in [0.15, 0.2) is 0 Å². The van der Waals surface area contributed by atoms with E-state index in [4.69, 9.17) is 21.0 Å². The predicted octanol–water partition coefficient (Wildman–Crippen LogP) is 1.77. The Balaban J connectivity index is 2.67. The van der Waals surface area contributed by atoms with Crippen molar-refractivity contribution < 1.29 is 14.6 Å². The smallest absolute Gasteiger partial charge is 0.143 e. The number of aliphatic hydroxyl groups excluding tert-OH is 1. The van der Waals surface area contributed by atoms with Gasteiger partial charge in [-0.2, -0.15) is 0 Å². The van der Waals surface area contributed by atoms with Crippen LogP contribution in [0.5, 0.6) is 5.75 Å². The highest BCUT2D eigenvalue weighted by Gasteiger charge is 2.07. The largest absolute Gasteiger partial charge is 0.494 e. The number of benzene rings is 1. The average Bonchev–Trinajstić information content (AvgIpc) is 2.32. The van der Waals surface area contributed by atoms with Crippen molar-refractivity contribution in [2.24, 2.45) is 0 Å². The predicted molar refractivity (Wildman–Crippen MR) is 62.2 cm³/mol. The molecule has 0 amide bonds. The molecule has 16 heavy (non-hydrogen) atoms. The fraction of sp³-hybridized carbons (Fsp3) is 0.385. The van der Waals surface area contributed by atoms with E-state index in [0.717, 1.165) is 11.3 Å². The van der Waals surface area contributed by atoms with Gasteiger partial charge in [-0.15, -0.1) is 6.42 Å². The lowest BCUT2D eigenvalue weighted by molar-refractivity contribution is 0.0592. The van der Waals surface area contributed by atoms with Crippen LogP contribution in [0.15, 0.2) is 24.3 Å². The monoisotopic (exact) mass is 220 g/mol. The lowest BCUT2D eigenvalue weighted by Gasteiger charge is -2.12. The number of hydrogen-bond acceptors (Lipinski definition) is 3. The second-order valence-electron chi connectivity index (χ2n) is 3.14. The summed E-state index contributed by atoms with van der Waals surface area (Å²) in [5.74, 6) is 3.34. The summed E-state index contributed by atoms with van der Waals surface area (Å²) < 4.78 is 10.6. The van der Waals surface area contributed by atoms with E-state index in [0.29, 0.717) is 6.61 Å². The third kappa shape index (κ3) is 3.58. The van der Waals surface area contributed by atoms with Crippen LogP contribution in [0.3, 0.4) is 0 Å². The maximum atomic E-state index is 8.66. The average molecular weight is 220 g/mol. The Bertz CT molecular complexity index is 337. The van der Waals surface area contributed by atoms with Crippen LogP contribution in [0.4, 0.5) is 0 Å². The van der Waals surface area contributed by atoms with E-state index < -0.39 is 6.10 Å². The van der Waals surface area contributed by atoms with Crippen molar-refractivity contribution in [1.29, 1.82) is 0 Å². The first kappa shape index (κ1) is 12.6. The van der Waals surface area contributed by atoms with Gasteiger partial charge in [-0.1, -0.05) is 18.1 Å². The van der Waals surface area contributed by atoms with E-state index in [1.54, 1.807) is 0 Å². The van der Waals surface area contributed by atoms with Crippen LogP contribution in [0.1, 0.15) is 18.6 Å². The van der Waals surface area contributed by atoms with Crippen LogP contribution in [0.2, 0.25) is 0 Å². The van der Waals surface area contributed by atoms with Crippen molar-refractivity contribution in [3.8, 4) is 18.1 Å². The summed E-state index contributed by atoms with van der Waals surface area (Å²) in [5, 5.41) is 8.66. The minimum absolute atomic E-state index is 0.0325. The SMILES string of the molecule is C#CC(OCCO)c1ccc(OCC)cc1. The van der Waals surface area contributed by atoms with Gasteiger partial charge in [0.05, 0.1) is 19.8 Å². The molecule has 3 nitrogen and oxygen atoms in total. The molecule has 0 saturated heterocycles. The van der Waals surface area contributed by atoms with Crippen LogP contribution >= 0.6 is 0 Å². The lowest BCUT2D eigenvalue weighted by atomic mass is 10.1. The van der Waals surface area contributed by atoms with Gasteiger partial charge in [0.2, 0.25) is 0 Å². The second-order valence-corrected chi connectivity index (χ2v) is 3.14. The third-order valence-corrected chi connectivity index (χ3v) is 2.02. The van der Waals surface area contributed by atoms with Crippen molar-refractivity contribution in [1.82, 2.24) is 0 Å². The molecule has 0 aliphatic rings. The van der Waals surface area contributed by atoms with E-state index in [-0.39, 0.29) is 13.2 Å². The van der Waals surface area contributed by atoms with Crippen LogP contribution in [0.25, 0.3) is 0 Å². The molecule has 0 bridgehead atoms. The lowest BCUT2D eigenvalue weighted by Crippen LogP contribution is -2.06. The van der Waals surface area contributed by atoms with E-state index >= 15 is 0 Å². The number of rotatable bonds is 6. The van der Waals surface area contributed by atoms with E-state index in [1.807, 2.05) is 31.2 Å². The Morgan fingerprint density at radius 2 is 2.06 bits per heavy atom. The van der Waals surface area contributed by atoms with Crippen LogP contribution < -0.4 is 4.74 Å².